The van der Waals surface area contributed by atoms with Gasteiger partial charge in [0.05, 0.1) is 26.8 Å². The van der Waals surface area contributed by atoms with Crippen LogP contribution in [0.1, 0.15) is 12.7 Å². The van der Waals surface area contributed by atoms with E-state index in [2.05, 4.69) is 113 Å². The van der Waals surface area contributed by atoms with Gasteiger partial charge in [0.1, 0.15) is 10.7 Å². The number of rotatable bonds is 3. The minimum atomic E-state index is 0.892. The molecule has 3 heterocycles. The smallest absolute Gasteiger partial charge is 0.114 e. The Balaban J connectivity index is 1.46. The number of aryl methyl sites for hydroxylation is 1. The van der Waals surface area contributed by atoms with Crippen molar-refractivity contribution >= 4 is 48.3 Å². The lowest BCUT2D eigenvalue weighted by Gasteiger charge is -2.09. The van der Waals surface area contributed by atoms with E-state index < -0.39 is 0 Å². The largest absolute Gasteiger partial charge is 0.299 e. The molecular weight excluding hydrogens is 422 g/mol. The van der Waals surface area contributed by atoms with E-state index in [0.29, 0.717) is 0 Å². The molecule has 4 heteroatoms. The maximum Gasteiger partial charge on any atom is 0.114 e. The molecule has 33 heavy (non-hydrogen) atoms. The number of fused-ring (bicyclic) bond motifs is 6. The third-order valence-corrected chi connectivity index (χ3v) is 7.65. The number of nitrogens with zero attached hydrogens (tertiary/aromatic N) is 3. The molecule has 0 bridgehead atoms. The lowest BCUT2D eigenvalue weighted by Crippen LogP contribution is -1.99. The topological polar surface area (TPSA) is 22.2 Å². The maximum absolute atomic E-state index is 4.85. The lowest BCUT2D eigenvalue weighted by atomic mass is 10.0. The van der Waals surface area contributed by atoms with E-state index in [0.717, 1.165) is 29.0 Å². The van der Waals surface area contributed by atoms with Crippen LogP contribution >= 0.6 is 11.3 Å². The molecule has 158 valence electrons. The summed E-state index contributed by atoms with van der Waals surface area (Å²) in [7, 11) is 0. The summed E-state index contributed by atoms with van der Waals surface area (Å²) < 4.78 is 6.01. The standard InChI is InChI=1S/C29H21N3S/c1-2-27-30-22-10-4-6-12-24(22)31(27)20-17-15-19(16-18-20)28-21-9-3-5-11-23(21)32-25-13-7-8-14-26(25)33-29(28)32/h3-18H,2H2,1H3. The second kappa shape index (κ2) is 7.06. The van der Waals surface area contributed by atoms with Crippen molar-refractivity contribution in [2.24, 2.45) is 0 Å². The summed E-state index contributed by atoms with van der Waals surface area (Å²) in [5, 5.41) is 1.30. The van der Waals surface area contributed by atoms with E-state index in [-0.39, 0.29) is 0 Å². The summed E-state index contributed by atoms with van der Waals surface area (Å²) in [6.45, 7) is 2.16. The molecule has 7 aromatic rings. The number of hydrogen-bond donors (Lipinski definition) is 0. The molecule has 0 N–H and O–H groups in total. The van der Waals surface area contributed by atoms with Crippen molar-refractivity contribution in [2.45, 2.75) is 13.3 Å². The lowest BCUT2D eigenvalue weighted by molar-refractivity contribution is 0.908. The van der Waals surface area contributed by atoms with Crippen LogP contribution < -0.4 is 0 Å². The molecule has 0 spiro atoms. The Morgan fingerprint density at radius 2 is 1.42 bits per heavy atom. The van der Waals surface area contributed by atoms with Crippen LogP contribution in [0.5, 0.6) is 0 Å². The van der Waals surface area contributed by atoms with Gasteiger partial charge in [-0.1, -0.05) is 61.5 Å². The Labute approximate surface area is 195 Å². The first-order chi connectivity index (χ1) is 16.3. The predicted octanol–water partition coefficient (Wildman–Crippen LogP) is 7.88. The van der Waals surface area contributed by atoms with Gasteiger partial charge in [-0.15, -0.1) is 11.3 Å². The van der Waals surface area contributed by atoms with Crippen LogP contribution in [-0.2, 0) is 6.42 Å². The zero-order chi connectivity index (χ0) is 21.9. The summed E-state index contributed by atoms with van der Waals surface area (Å²) >= 11 is 1.87. The van der Waals surface area contributed by atoms with E-state index in [4.69, 9.17) is 4.98 Å². The molecule has 0 aliphatic carbocycles. The highest BCUT2D eigenvalue weighted by Crippen LogP contribution is 2.42. The fourth-order valence-electron chi connectivity index (χ4n) is 5.04. The molecule has 0 fully saturated rings. The summed E-state index contributed by atoms with van der Waals surface area (Å²) in [4.78, 5) is 6.15. The van der Waals surface area contributed by atoms with Gasteiger partial charge >= 0.3 is 0 Å². The molecule has 3 nitrogen and oxygen atoms in total. The fraction of sp³-hybridized carbons (Fsp3) is 0.0690. The van der Waals surface area contributed by atoms with Gasteiger partial charge < -0.3 is 0 Å². The first-order valence-corrected chi connectivity index (χ1v) is 12.1. The first kappa shape index (κ1) is 18.7. The molecule has 0 saturated carbocycles. The van der Waals surface area contributed by atoms with Crippen LogP contribution in [0.3, 0.4) is 0 Å². The average molecular weight is 444 g/mol. The van der Waals surface area contributed by atoms with Crippen molar-refractivity contribution in [3.63, 3.8) is 0 Å². The first-order valence-electron chi connectivity index (χ1n) is 11.3. The molecule has 0 amide bonds. The van der Waals surface area contributed by atoms with Gasteiger partial charge in [-0.25, -0.2) is 4.98 Å². The molecular formula is C29H21N3S. The molecule has 0 atom stereocenters. The molecule has 0 saturated heterocycles. The van der Waals surface area contributed by atoms with E-state index in [1.165, 1.54) is 37.1 Å². The minimum Gasteiger partial charge on any atom is -0.299 e. The van der Waals surface area contributed by atoms with Gasteiger partial charge in [0.2, 0.25) is 0 Å². The zero-order valence-electron chi connectivity index (χ0n) is 18.2. The average Bonchev–Trinajstić information content (AvgIpc) is 3.52. The molecule has 0 aliphatic heterocycles. The van der Waals surface area contributed by atoms with E-state index >= 15 is 0 Å². The Morgan fingerprint density at radius 1 is 0.727 bits per heavy atom. The summed E-state index contributed by atoms with van der Waals surface area (Å²) in [5.74, 6) is 1.09. The third-order valence-electron chi connectivity index (χ3n) is 6.50. The van der Waals surface area contributed by atoms with Gasteiger partial charge in [0.25, 0.3) is 0 Å². The second-order valence-electron chi connectivity index (χ2n) is 8.36. The highest BCUT2D eigenvalue weighted by molar-refractivity contribution is 7.24. The van der Waals surface area contributed by atoms with Gasteiger partial charge in [0.15, 0.2) is 0 Å². The van der Waals surface area contributed by atoms with Crippen LogP contribution in [-0.4, -0.2) is 14.0 Å². The third kappa shape index (κ3) is 2.65. The van der Waals surface area contributed by atoms with Crippen LogP contribution in [0, 0.1) is 0 Å². The predicted molar refractivity (Wildman–Crippen MR) is 140 cm³/mol. The van der Waals surface area contributed by atoms with Gasteiger partial charge in [-0.05, 0) is 48.0 Å². The number of benzene rings is 4. The number of para-hydroxylation sites is 4. The van der Waals surface area contributed by atoms with Crippen LogP contribution in [0.15, 0.2) is 97.1 Å². The summed E-state index contributed by atoms with van der Waals surface area (Å²) in [5.41, 5.74) is 8.44. The summed E-state index contributed by atoms with van der Waals surface area (Å²) in [6, 6.07) is 34.8. The van der Waals surface area contributed by atoms with Gasteiger partial charge in [0, 0.05) is 23.1 Å². The molecule has 0 aliphatic rings. The molecule has 3 aromatic heterocycles. The zero-order valence-corrected chi connectivity index (χ0v) is 19.0. The molecule has 0 unspecified atom stereocenters. The molecule has 7 rings (SSSR count). The van der Waals surface area contributed by atoms with Crippen molar-refractivity contribution in [3.8, 4) is 16.8 Å². The Hall–Kier alpha value is -3.89. The van der Waals surface area contributed by atoms with Crippen molar-refractivity contribution in [2.75, 3.05) is 0 Å². The van der Waals surface area contributed by atoms with Crippen LogP contribution in [0.2, 0.25) is 0 Å². The number of aromatic nitrogens is 3. The van der Waals surface area contributed by atoms with Crippen molar-refractivity contribution in [3.05, 3.63) is 103 Å². The highest BCUT2D eigenvalue weighted by Gasteiger charge is 2.18. The van der Waals surface area contributed by atoms with Gasteiger partial charge in [-0.3, -0.25) is 8.97 Å². The van der Waals surface area contributed by atoms with Crippen LogP contribution in [0.25, 0.3) is 53.8 Å². The number of imidazole rings is 1. The SMILES string of the molecule is CCc1nc2ccccc2n1-c1ccc(-c2c3ccccc3n3c2sc2ccccc23)cc1. The van der Waals surface area contributed by atoms with Crippen LogP contribution in [0.4, 0.5) is 0 Å². The van der Waals surface area contributed by atoms with E-state index in [1.807, 2.05) is 11.3 Å². The number of thiazole rings is 1. The number of hydrogen-bond acceptors (Lipinski definition) is 2. The van der Waals surface area contributed by atoms with Crippen molar-refractivity contribution in [1.29, 1.82) is 0 Å². The van der Waals surface area contributed by atoms with E-state index in [1.54, 1.807) is 0 Å². The quantitative estimate of drug-likeness (QED) is 0.272. The van der Waals surface area contributed by atoms with E-state index in [9.17, 15) is 0 Å². The Bertz CT molecular complexity index is 1800. The maximum atomic E-state index is 4.85. The summed E-state index contributed by atoms with van der Waals surface area (Å²) in [6.07, 6.45) is 0.892. The Kier molecular flexibility index (Phi) is 3.99. The van der Waals surface area contributed by atoms with Crippen molar-refractivity contribution < 1.29 is 0 Å². The second-order valence-corrected chi connectivity index (χ2v) is 9.39. The molecule has 4 aromatic carbocycles. The monoisotopic (exact) mass is 443 g/mol. The highest BCUT2D eigenvalue weighted by atomic mass is 32.1. The minimum absolute atomic E-state index is 0.892. The Morgan fingerprint density at radius 3 is 2.24 bits per heavy atom. The normalized spacial score (nSPS) is 11.9. The van der Waals surface area contributed by atoms with Gasteiger partial charge in [-0.2, -0.15) is 0 Å². The molecule has 0 radical (unpaired) electrons. The fourth-order valence-corrected chi connectivity index (χ4v) is 6.28. The van der Waals surface area contributed by atoms with Crippen molar-refractivity contribution in [1.82, 2.24) is 14.0 Å².